The van der Waals surface area contributed by atoms with Gasteiger partial charge in [0, 0.05) is 9.40 Å². The molecule has 3 aromatic rings. The van der Waals surface area contributed by atoms with Crippen molar-refractivity contribution in [2.24, 2.45) is 4.99 Å². The minimum atomic E-state index is 0.856. The van der Waals surface area contributed by atoms with E-state index in [1.165, 1.54) is 15.0 Å². The van der Waals surface area contributed by atoms with Gasteiger partial charge in [-0.25, -0.2) is 4.99 Å². The third-order valence-electron chi connectivity index (χ3n) is 2.81. The average Bonchev–Trinajstić information content (AvgIpc) is 2.83. The molecule has 3 rings (SSSR count). The molecule has 0 aliphatic heterocycles. The molecule has 3 heteroatoms. The van der Waals surface area contributed by atoms with Gasteiger partial charge in [0.2, 0.25) is 0 Å². The summed E-state index contributed by atoms with van der Waals surface area (Å²) in [7, 11) is 0. The predicted octanol–water partition coefficient (Wildman–Crippen LogP) is 4.92. The van der Waals surface area contributed by atoms with Crippen LogP contribution in [0.1, 0.15) is 5.56 Å². The second kappa shape index (κ2) is 5.51. The van der Waals surface area contributed by atoms with E-state index in [-0.39, 0.29) is 0 Å². The summed E-state index contributed by atoms with van der Waals surface area (Å²) in [4.78, 5) is 4.79. The molecule has 0 radical (unpaired) electrons. The van der Waals surface area contributed by atoms with Gasteiger partial charge in [0.15, 0.2) is 3.98 Å². The SMILES string of the molecule is C=CCc1ccccc1N=c1sc2ccccc2s1. The maximum atomic E-state index is 4.79. The predicted molar refractivity (Wildman–Crippen MR) is 85.3 cm³/mol. The molecule has 1 heterocycles. The molecule has 0 fully saturated rings. The van der Waals surface area contributed by atoms with Crippen LogP contribution >= 0.6 is 22.7 Å². The topological polar surface area (TPSA) is 12.4 Å². The molecular formula is C16H13NS2. The van der Waals surface area contributed by atoms with Crippen LogP contribution in [0.4, 0.5) is 5.69 Å². The number of hydrogen-bond acceptors (Lipinski definition) is 3. The first-order chi connectivity index (χ1) is 9.36. The molecule has 2 aromatic carbocycles. The highest BCUT2D eigenvalue weighted by Gasteiger charge is 2.00. The normalized spacial score (nSPS) is 10.5. The van der Waals surface area contributed by atoms with E-state index in [1.807, 2.05) is 18.2 Å². The van der Waals surface area contributed by atoms with E-state index in [9.17, 15) is 0 Å². The lowest BCUT2D eigenvalue weighted by Crippen LogP contribution is -1.87. The lowest BCUT2D eigenvalue weighted by Gasteiger charge is -2.00. The van der Waals surface area contributed by atoms with Crippen molar-refractivity contribution >= 4 is 37.8 Å². The van der Waals surface area contributed by atoms with Crippen molar-refractivity contribution < 1.29 is 0 Å². The fraction of sp³-hybridized carbons (Fsp3) is 0.0625. The summed E-state index contributed by atoms with van der Waals surface area (Å²) in [5.74, 6) is 0. The van der Waals surface area contributed by atoms with Gasteiger partial charge in [-0.15, -0.1) is 29.3 Å². The van der Waals surface area contributed by atoms with E-state index in [2.05, 4.69) is 43.0 Å². The fourth-order valence-corrected chi connectivity index (χ4v) is 4.17. The summed E-state index contributed by atoms with van der Waals surface area (Å²) < 4.78 is 3.69. The molecule has 0 aliphatic rings. The van der Waals surface area contributed by atoms with E-state index in [4.69, 9.17) is 4.99 Å². The van der Waals surface area contributed by atoms with Crippen LogP contribution in [0.25, 0.3) is 9.40 Å². The van der Waals surface area contributed by atoms with Gasteiger partial charge in [0.25, 0.3) is 0 Å². The van der Waals surface area contributed by atoms with Gasteiger partial charge >= 0.3 is 0 Å². The Kier molecular flexibility index (Phi) is 3.58. The Morgan fingerprint density at radius 2 is 1.58 bits per heavy atom. The molecule has 0 atom stereocenters. The van der Waals surface area contributed by atoms with Gasteiger partial charge in [-0.3, -0.25) is 0 Å². The van der Waals surface area contributed by atoms with Gasteiger partial charge < -0.3 is 0 Å². The minimum Gasteiger partial charge on any atom is -0.227 e. The second-order valence-electron chi connectivity index (χ2n) is 4.15. The lowest BCUT2D eigenvalue weighted by molar-refractivity contribution is 1.24. The molecule has 1 aromatic heterocycles. The maximum Gasteiger partial charge on any atom is 0.172 e. The summed E-state index contributed by atoms with van der Waals surface area (Å²) in [6.45, 7) is 3.80. The van der Waals surface area contributed by atoms with Gasteiger partial charge in [-0.1, -0.05) is 36.4 Å². The molecule has 0 N–H and O–H groups in total. The quantitative estimate of drug-likeness (QED) is 0.605. The largest absolute Gasteiger partial charge is 0.227 e. The average molecular weight is 283 g/mol. The van der Waals surface area contributed by atoms with Gasteiger partial charge in [0.1, 0.15) is 0 Å². The molecular weight excluding hydrogens is 270 g/mol. The zero-order valence-electron chi connectivity index (χ0n) is 10.4. The van der Waals surface area contributed by atoms with Crippen LogP contribution in [0.5, 0.6) is 0 Å². The summed E-state index contributed by atoms with van der Waals surface area (Å²) in [5.41, 5.74) is 2.27. The first-order valence-electron chi connectivity index (χ1n) is 6.09. The van der Waals surface area contributed by atoms with Crippen molar-refractivity contribution in [2.75, 3.05) is 0 Å². The minimum absolute atomic E-state index is 0.856. The monoisotopic (exact) mass is 283 g/mol. The highest BCUT2D eigenvalue weighted by atomic mass is 32.2. The highest BCUT2D eigenvalue weighted by Crippen LogP contribution is 2.23. The number of benzene rings is 2. The fourth-order valence-electron chi connectivity index (χ4n) is 1.92. The summed E-state index contributed by atoms with van der Waals surface area (Å²) in [6, 6.07) is 16.7. The third-order valence-corrected chi connectivity index (χ3v) is 5.12. The number of fused-ring (bicyclic) bond motifs is 1. The molecule has 1 nitrogen and oxygen atoms in total. The molecule has 0 saturated heterocycles. The Bertz CT molecular complexity index is 744. The molecule has 0 bridgehead atoms. The van der Waals surface area contributed by atoms with Crippen molar-refractivity contribution in [3.8, 4) is 0 Å². The summed E-state index contributed by atoms with van der Waals surface area (Å²) in [6.07, 6.45) is 2.78. The first kappa shape index (κ1) is 12.3. The molecule has 0 unspecified atom stereocenters. The molecule has 0 saturated carbocycles. The van der Waals surface area contributed by atoms with Crippen LogP contribution in [0, 0.1) is 0 Å². The summed E-state index contributed by atoms with van der Waals surface area (Å²) >= 11 is 3.49. The first-order valence-corrected chi connectivity index (χ1v) is 7.72. The maximum absolute atomic E-state index is 4.79. The molecule has 0 amide bonds. The van der Waals surface area contributed by atoms with E-state index in [1.54, 1.807) is 22.7 Å². The van der Waals surface area contributed by atoms with Crippen LogP contribution in [0.3, 0.4) is 0 Å². The van der Waals surface area contributed by atoms with Crippen LogP contribution < -0.4 is 3.98 Å². The second-order valence-corrected chi connectivity index (χ2v) is 6.47. The van der Waals surface area contributed by atoms with Crippen molar-refractivity contribution in [3.63, 3.8) is 0 Å². The van der Waals surface area contributed by atoms with Crippen molar-refractivity contribution in [3.05, 3.63) is 70.7 Å². The van der Waals surface area contributed by atoms with Gasteiger partial charge in [-0.2, -0.15) is 0 Å². The van der Waals surface area contributed by atoms with Gasteiger partial charge in [0.05, 0.1) is 5.69 Å². The number of nitrogens with zero attached hydrogens (tertiary/aromatic N) is 1. The van der Waals surface area contributed by atoms with E-state index in [0.717, 1.165) is 16.1 Å². The standard InChI is InChI=1S/C16H13NS2/c1-2-7-12-8-3-4-9-13(12)17-16-18-14-10-5-6-11-15(14)19-16/h2-6,8-11H,1,7H2. The van der Waals surface area contributed by atoms with Crippen molar-refractivity contribution in [2.45, 2.75) is 6.42 Å². The van der Waals surface area contributed by atoms with Crippen molar-refractivity contribution in [1.29, 1.82) is 0 Å². The Hall–Kier alpha value is -1.71. The number of allylic oxidation sites excluding steroid dienone is 1. The summed E-state index contributed by atoms with van der Waals surface area (Å²) in [5, 5.41) is 0. The number of rotatable bonds is 3. The van der Waals surface area contributed by atoms with Crippen LogP contribution in [0.2, 0.25) is 0 Å². The molecule has 0 aliphatic carbocycles. The number of para-hydroxylation sites is 1. The van der Waals surface area contributed by atoms with Crippen LogP contribution in [-0.2, 0) is 6.42 Å². The smallest absolute Gasteiger partial charge is 0.172 e. The Morgan fingerprint density at radius 3 is 2.26 bits per heavy atom. The zero-order valence-corrected chi connectivity index (χ0v) is 12.0. The highest BCUT2D eigenvalue weighted by molar-refractivity contribution is 7.35. The Labute approximate surface area is 120 Å². The molecule has 19 heavy (non-hydrogen) atoms. The van der Waals surface area contributed by atoms with Crippen LogP contribution in [-0.4, -0.2) is 0 Å². The van der Waals surface area contributed by atoms with Crippen LogP contribution in [0.15, 0.2) is 66.2 Å². The zero-order chi connectivity index (χ0) is 13.1. The lowest BCUT2D eigenvalue weighted by atomic mass is 10.1. The third kappa shape index (κ3) is 2.67. The van der Waals surface area contributed by atoms with E-state index < -0.39 is 0 Å². The van der Waals surface area contributed by atoms with E-state index in [0.29, 0.717) is 0 Å². The Balaban J connectivity index is 2.12. The molecule has 0 spiro atoms. The van der Waals surface area contributed by atoms with Gasteiger partial charge in [-0.05, 0) is 30.2 Å². The number of hydrogen-bond donors (Lipinski definition) is 0. The van der Waals surface area contributed by atoms with E-state index >= 15 is 0 Å². The Morgan fingerprint density at radius 1 is 0.947 bits per heavy atom. The van der Waals surface area contributed by atoms with Crippen molar-refractivity contribution in [1.82, 2.24) is 0 Å². The molecule has 94 valence electrons.